The summed E-state index contributed by atoms with van der Waals surface area (Å²) in [5, 5.41) is 2.65. The van der Waals surface area contributed by atoms with Crippen LogP contribution in [0, 0.1) is 0 Å². The van der Waals surface area contributed by atoms with E-state index in [4.69, 9.17) is 0 Å². The minimum absolute atomic E-state index is 0.823. The number of rotatable bonds is 7. The first kappa shape index (κ1) is 20.5. The first-order valence-electron chi connectivity index (χ1n) is 9.54. The molecule has 28 heavy (non-hydrogen) atoms. The van der Waals surface area contributed by atoms with Gasteiger partial charge < -0.3 is 14.4 Å². The maximum Gasteiger partial charge on any atom is 0.171 e. The molecule has 0 bridgehead atoms. The monoisotopic (exact) mass is 392 g/mol. The zero-order valence-corrected chi connectivity index (χ0v) is 18.1. The third-order valence-corrected chi connectivity index (χ3v) is 7.70. The third kappa shape index (κ3) is 4.62. The Morgan fingerprint density at radius 3 is 1.46 bits per heavy atom. The Morgan fingerprint density at radius 2 is 1.04 bits per heavy atom. The fraction of sp³-hybridized carbons (Fsp3) is 0.250. The van der Waals surface area contributed by atoms with Crippen LogP contribution < -0.4 is 15.9 Å². The van der Waals surface area contributed by atoms with Crippen molar-refractivity contribution in [1.29, 1.82) is 0 Å². The van der Waals surface area contributed by atoms with Gasteiger partial charge in [-0.3, -0.25) is 0 Å². The molecule has 0 aromatic heterocycles. The lowest BCUT2D eigenvalue weighted by molar-refractivity contribution is 0.402. The molecule has 0 unspecified atom stereocenters. The Kier molecular flexibility index (Phi) is 6.51. The number of nitrogens with zero attached hydrogens (tertiary/aromatic N) is 2. The van der Waals surface area contributed by atoms with Crippen molar-refractivity contribution in [1.82, 2.24) is 9.80 Å². The van der Waals surface area contributed by atoms with Crippen molar-refractivity contribution in [3.05, 3.63) is 90.0 Å². The molecule has 0 atom stereocenters. The summed E-state index contributed by atoms with van der Waals surface area (Å²) >= 11 is 0. The summed E-state index contributed by atoms with van der Waals surface area (Å²) in [6, 6.07) is 26.3. The van der Waals surface area contributed by atoms with Crippen molar-refractivity contribution in [2.75, 3.05) is 28.2 Å². The van der Waals surface area contributed by atoms with Gasteiger partial charge in [-0.1, -0.05) is 66.7 Å². The van der Waals surface area contributed by atoms with E-state index in [-0.39, 0.29) is 0 Å². The Bertz CT molecular complexity index is 910. The van der Waals surface area contributed by atoms with Crippen LogP contribution in [0.1, 0.15) is 11.1 Å². The normalized spacial score (nSPS) is 11.9. The number of hydrogen-bond acceptors (Lipinski definition) is 3. The molecule has 0 spiro atoms. The summed E-state index contributed by atoms with van der Waals surface area (Å²) in [5.41, 5.74) is 2.34. The van der Waals surface area contributed by atoms with Crippen LogP contribution in [-0.4, -0.2) is 38.0 Å². The summed E-state index contributed by atoms with van der Waals surface area (Å²) in [4.78, 5) is 4.26. The van der Waals surface area contributed by atoms with Gasteiger partial charge in [-0.25, -0.2) is 0 Å². The summed E-state index contributed by atoms with van der Waals surface area (Å²) in [5.74, 6) is 0. The lowest BCUT2D eigenvalue weighted by atomic mass is 10.2. The lowest BCUT2D eigenvalue weighted by Crippen LogP contribution is -2.26. The average Bonchev–Trinajstić information content (AvgIpc) is 2.67. The summed E-state index contributed by atoms with van der Waals surface area (Å²) < 4.78 is 14.7. The highest BCUT2D eigenvalue weighted by Crippen LogP contribution is 2.42. The molecule has 0 fully saturated rings. The van der Waals surface area contributed by atoms with Gasteiger partial charge in [0.1, 0.15) is 0 Å². The molecule has 0 heterocycles. The highest BCUT2D eigenvalue weighted by Gasteiger charge is 2.30. The first-order chi connectivity index (χ1) is 13.4. The molecule has 3 rings (SSSR count). The molecule has 0 radical (unpaired) electrons. The van der Waals surface area contributed by atoms with Gasteiger partial charge in [-0.2, -0.15) is 0 Å². The fourth-order valence-corrected chi connectivity index (χ4v) is 6.29. The van der Waals surface area contributed by atoms with Gasteiger partial charge in [0, 0.05) is 29.0 Å². The van der Waals surface area contributed by atoms with Crippen LogP contribution in [-0.2, 0) is 17.7 Å². The van der Waals surface area contributed by atoms with Crippen molar-refractivity contribution >= 4 is 23.1 Å². The zero-order chi connectivity index (χ0) is 20.1. The topological polar surface area (TPSA) is 23.6 Å². The van der Waals surface area contributed by atoms with E-state index >= 15 is 0 Å². The van der Waals surface area contributed by atoms with Crippen molar-refractivity contribution < 1.29 is 4.57 Å². The molecule has 3 aromatic rings. The van der Waals surface area contributed by atoms with Gasteiger partial charge >= 0.3 is 0 Å². The quantitative estimate of drug-likeness (QED) is 0.576. The Morgan fingerprint density at radius 1 is 0.607 bits per heavy atom. The van der Waals surface area contributed by atoms with Gasteiger partial charge in [-0.05, 0) is 51.5 Å². The first-order valence-corrected chi connectivity index (χ1v) is 11.2. The van der Waals surface area contributed by atoms with E-state index in [2.05, 4.69) is 34.1 Å². The minimum atomic E-state index is -2.95. The van der Waals surface area contributed by atoms with Crippen LogP contribution in [0.5, 0.6) is 0 Å². The second kappa shape index (κ2) is 8.87. The molecule has 0 aliphatic heterocycles. The van der Waals surface area contributed by atoms with Crippen LogP contribution in [0.2, 0.25) is 0 Å². The van der Waals surface area contributed by atoms with E-state index in [0.29, 0.717) is 0 Å². The Hall–Kier alpha value is -2.19. The van der Waals surface area contributed by atoms with E-state index in [1.54, 1.807) is 0 Å². The third-order valence-electron chi connectivity index (χ3n) is 4.67. The number of hydrogen-bond donors (Lipinski definition) is 0. The van der Waals surface area contributed by atoms with E-state index < -0.39 is 7.14 Å². The number of benzene rings is 3. The van der Waals surface area contributed by atoms with E-state index in [9.17, 15) is 4.57 Å². The Balaban J connectivity index is 2.17. The van der Waals surface area contributed by atoms with Crippen LogP contribution in [0.15, 0.2) is 78.9 Å². The predicted molar refractivity (Wildman–Crippen MR) is 121 cm³/mol. The highest BCUT2D eigenvalue weighted by molar-refractivity contribution is 7.85. The van der Waals surface area contributed by atoms with Crippen LogP contribution >= 0.6 is 7.14 Å². The molecular formula is C24H29N2OP. The van der Waals surface area contributed by atoms with Gasteiger partial charge in [-0.15, -0.1) is 0 Å². The molecule has 0 aliphatic rings. The molecule has 0 saturated heterocycles. The van der Waals surface area contributed by atoms with Gasteiger partial charge in [0.05, 0.1) is 0 Å². The van der Waals surface area contributed by atoms with Gasteiger partial charge in [0.15, 0.2) is 7.14 Å². The molecule has 0 N–H and O–H groups in total. The smallest absolute Gasteiger partial charge is 0.171 e. The second-order valence-electron chi connectivity index (χ2n) is 7.76. The summed E-state index contributed by atoms with van der Waals surface area (Å²) in [6.07, 6.45) is 0. The van der Waals surface area contributed by atoms with Crippen LogP contribution in [0.25, 0.3) is 0 Å². The molecule has 4 heteroatoms. The van der Waals surface area contributed by atoms with Crippen molar-refractivity contribution in [2.45, 2.75) is 13.1 Å². The lowest BCUT2D eigenvalue weighted by Gasteiger charge is -2.22. The molecule has 146 valence electrons. The minimum Gasteiger partial charge on any atom is -0.309 e. The second-order valence-corrected chi connectivity index (χ2v) is 10.5. The van der Waals surface area contributed by atoms with Gasteiger partial charge in [0.2, 0.25) is 0 Å². The van der Waals surface area contributed by atoms with E-state index in [1.165, 1.54) is 11.1 Å². The van der Waals surface area contributed by atoms with E-state index in [0.717, 1.165) is 29.0 Å². The highest BCUT2D eigenvalue weighted by atomic mass is 31.2. The maximum absolute atomic E-state index is 14.7. The standard InChI is InChI=1S/C24H29N2OP/c1-25(2)18-20-10-8-14-23(16-20)28(27,22-12-6-5-7-13-22)24-15-9-11-21(17-24)19-26(3)4/h5-17H,18-19H2,1-4H3. The molecule has 3 aromatic carbocycles. The molecule has 0 amide bonds. The SMILES string of the molecule is CN(C)Cc1cccc(P(=O)(c2ccccc2)c2cccc(CN(C)C)c2)c1. The molecule has 0 aliphatic carbocycles. The van der Waals surface area contributed by atoms with E-state index in [1.807, 2.05) is 82.8 Å². The van der Waals surface area contributed by atoms with Crippen LogP contribution in [0.3, 0.4) is 0 Å². The Labute approximate surface area is 169 Å². The van der Waals surface area contributed by atoms with Crippen molar-refractivity contribution in [2.24, 2.45) is 0 Å². The summed E-state index contributed by atoms with van der Waals surface area (Å²) in [6.45, 7) is 1.65. The average molecular weight is 392 g/mol. The zero-order valence-electron chi connectivity index (χ0n) is 17.2. The fourth-order valence-electron chi connectivity index (χ4n) is 3.52. The largest absolute Gasteiger partial charge is 0.309 e. The van der Waals surface area contributed by atoms with Crippen molar-refractivity contribution in [3.63, 3.8) is 0 Å². The molecule has 0 saturated carbocycles. The molecule has 3 nitrogen and oxygen atoms in total. The molecular weight excluding hydrogens is 363 g/mol. The predicted octanol–water partition coefficient (Wildman–Crippen LogP) is 3.45. The van der Waals surface area contributed by atoms with Crippen molar-refractivity contribution in [3.8, 4) is 0 Å². The summed E-state index contributed by atoms with van der Waals surface area (Å²) in [7, 11) is 5.24. The van der Waals surface area contributed by atoms with Gasteiger partial charge in [0.25, 0.3) is 0 Å². The maximum atomic E-state index is 14.7. The van der Waals surface area contributed by atoms with Crippen LogP contribution in [0.4, 0.5) is 0 Å².